The Morgan fingerprint density at radius 1 is 1.11 bits per heavy atom. The lowest BCUT2D eigenvalue weighted by Crippen LogP contribution is -2.25. The number of nitrogens with one attached hydrogen (secondary N) is 1. The fourth-order valence-electron chi connectivity index (χ4n) is 2.99. The van der Waals surface area contributed by atoms with Crippen LogP contribution in [0.5, 0.6) is 11.5 Å². The van der Waals surface area contributed by atoms with E-state index in [4.69, 9.17) is 9.47 Å². The van der Waals surface area contributed by atoms with Crippen LogP contribution < -0.4 is 14.8 Å². The van der Waals surface area contributed by atoms with Gasteiger partial charge in [0.15, 0.2) is 11.5 Å². The molecule has 12 nitrogen and oxygen atoms in total. The first-order valence-electron chi connectivity index (χ1n) is 10.4. The van der Waals surface area contributed by atoms with Gasteiger partial charge < -0.3 is 14.8 Å². The van der Waals surface area contributed by atoms with Crippen LogP contribution in [0, 0.1) is 38.5 Å². The standard InChI is InChI=1S/C23H22N4O8/c1-4-5-8-25-22(28)17(13-24)9-15-6-7-20(21(10-15)34-3)35-23(29)16-11-18(26(30)31)14(2)19(12-16)27(32)33/h6-7,9-12H,4-5,8H2,1-3H3,(H,25,28)/b17-9+. The monoisotopic (exact) mass is 482 g/mol. The Hall–Kier alpha value is -4.79. The zero-order valence-electron chi connectivity index (χ0n) is 19.2. The second kappa shape index (κ2) is 11.9. The van der Waals surface area contributed by atoms with E-state index in [1.54, 1.807) is 0 Å². The van der Waals surface area contributed by atoms with Gasteiger partial charge in [0.2, 0.25) is 0 Å². The van der Waals surface area contributed by atoms with Gasteiger partial charge in [-0.2, -0.15) is 5.26 Å². The summed E-state index contributed by atoms with van der Waals surface area (Å²) in [6.07, 6.45) is 2.99. The minimum absolute atomic E-state index is 0.0619. The summed E-state index contributed by atoms with van der Waals surface area (Å²) in [6, 6.07) is 7.83. The third-order valence-corrected chi connectivity index (χ3v) is 4.86. The van der Waals surface area contributed by atoms with Crippen LogP contribution in [0.25, 0.3) is 6.08 Å². The van der Waals surface area contributed by atoms with Crippen LogP contribution in [-0.4, -0.2) is 35.4 Å². The molecule has 0 aliphatic heterocycles. The summed E-state index contributed by atoms with van der Waals surface area (Å²) in [5.41, 5.74) is -1.51. The number of hydrogen-bond donors (Lipinski definition) is 1. The van der Waals surface area contributed by atoms with Gasteiger partial charge in [-0.25, -0.2) is 4.79 Å². The molecule has 0 aliphatic carbocycles. The molecule has 0 saturated carbocycles. The Morgan fingerprint density at radius 3 is 2.26 bits per heavy atom. The maximum atomic E-state index is 12.6. The molecular weight excluding hydrogens is 460 g/mol. The van der Waals surface area contributed by atoms with Gasteiger partial charge in [0, 0.05) is 18.7 Å². The summed E-state index contributed by atoms with van der Waals surface area (Å²) in [7, 11) is 1.30. The van der Waals surface area contributed by atoms with Gasteiger partial charge in [-0.15, -0.1) is 0 Å². The van der Waals surface area contributed by atoms with Crippen LogP contribution in [0.15, 0.2) is 35.9 Å². The molecule has 0 spiro atoms. The largest absolute Gasteiger partial charge is 0.493 e. The van der Waals surface area contributed by atoms with Gasteiger partial charge >= 0.3 is 5.97 Å². The van der Waals surface area contributed by atoms with E-state index >= 15 is 0 Å². The molecule has 0 radical (unpaired) electrons. The number of nitrogens with zero attached hydrogens (tertiary/aromatic N) is 3. The highest BCUT2D eigenvalue weighted by atomic mass is 16.6. The first-order chi connectivity index (χ1) is 16.6. The fourth-order valence-corrected chi connectivity index (χ4v) is 2.99. The molecule has 0 aliphatic rings. The fraction of sp³-hybridized carbons (Fsp3) is 0.261. The number of nitro groups is 2. The van der Waals surface area contributed by atoms with E-state index in [0.29, 0.717) is 12.1 Å². The number of unbranched alkanes of at least 4 members (excludes halogenated alkanes) is 1. The maximum Gasteiger partial charge on any atom is 0.344 e. The number of esters is 1. The van der Waals surface area contributed by atoms with Crippen LogP contribution in [-0.2, 0) is 4.79 Å². The zero-order valence-corrected chi connectivity index (χ0v) is 19.2. The topological polar surface area (TPSA) is 175 Å². The number of nitriles is 1. The Kier molecular flexibility index (Phi) is 8.99. The van der Waals surface area contributed by atoms with Crippen molar-refractivity contribution < 1.29 is 28.9 Å². The Balaban J connectivity index is 2.35. The van der Waals surface area contributed by atoms with Crippen molar-refractivity contribution >= 4 is 29.3 Å². The predicted octanol–water partition coefficient (Wildman–Crippen LogP) is 3.86. The molecule has 0 saturated heterocycles. The van der Waals surface area contributed by atoms with Gasteiger partial charge in [0.05, 0.1) is 22.5 Å². The maximum absolute atomic E-state index is 12.6. The van der Waals surface area contributed by atoms with E-state index in [2.05, 4.69) is 5.32 Å². The van der Waals surface area contributed by atoms with Gasteiger partial charge in [0.1, 0.15) is 17.2 Å². The van der Waals surface area contributed by atoms with Crippen molar-refractivity contribution in [3.63, 3.8) is 0 Å². The van der Waals surface area contributed by atoms with E-state index in [1.165, 1.54) is 38.3 Å². The van der Waals surface area contributed by atoms with E-state index in [0.717, 1.165) is 25.0 Å². The SMILES string of the molecule is CCCCNC(=O)/C(C#N)=C/c1ccc(OC(=O)c2cc([N+](=O)[O-])c(C)c([N+](=O)[O-])c2)c(OC)c1. The van der Waals surface area contributed by atoms with Crippen LogP contribution >= 0.6 is 0 Å². The zero-order chi connectivity index (χ0) is 26.1. The van der Waals surface area contributed by atoms with Crippen LogP contribution in [0.1, 0.15) is 41.3 Å². The highest BCUT2D eigenvalue weighted by Crippen LogP contribution is 2.32. The third kappa shape index (κ3) is 6.61. The van der Waals surface area contributed by atoms with E-state index in [9.17, 15) is 35.1 Å². The Morgan fingerprint density at radius 2 is 1.74 bits per heavy atom. The second-order valence-corrected chi connectivity index (χ2v) is 7.23. The van der Waals surface area contributed by atoms with Crippen LogP contribution in [0.2, 0.25) is 0 Å². The molecule has 0 bridgehead atoms. The Bertz CT molecular complexity index is 1210. The molecule has 12 heteroatoms. The molecule has 0 unspecified atom stereocenters. The second-order valence-electron chi connectivity index (χ2n) is 7.23. The number of carbonyl (C=O) groups is 2. The normalized spacial score (nSPS) is 10.7. The first kappa shape index (κ1) is 26.5. The lowest BCUT2D eigenvalue weighted by atomic mass is 10.1. The van der Waals surface area contributed by atoms with Crippen molar-refractivity contribution in [1.29, 1.82) is 5.26 Å². The van der Waals surface area contributed by atoms with Gasteiger partial charge in [-0.05, 0) is 37.1 Å². The number of benzene rings is 2. The summed E-state index contributed by atoms with van der Waals surface area (Å²) in [4.78, 5) is 45.6. The summed E-state index contributed by atoms with van der Waals surface area (Å²) < 4.78 is 10.5. The number of hydrogen-bond acceptors (Lipinski definition) is 9. The van der Waals surface area contributed by atoms with Gasteiger partial charge in [0.25, 0.3) is 17.3 Å². The molecule has 1 N–H and O–H groups in total. The summed E-state index contributed by atoms with van der Waals surface area (Å²) in [6.45, 7) is 3.61. The van der Waals surface area contributed by atoms with E-state index < -0.39 is 38.7 Å². The molecule has 35 heavy (non-hydrogen) atoms. The number of ether oxygens (including phenoxy) is 2. The molecule has 2 rings (SSSR count). The number of methoxy groups -OCH3 is 1. The van der Waals surface area contributed by atoms with Gasteiger partial charge in [-0.3, -0.25) is 25.0 Å². The minimum atomic E-state index is -1.08. The van der Waals surface area contributed by atoms with Crippen molar-refractivity contribution in [2.75, 3.05) is 13.7 Å². The first-order valence-corrected chi connectivity index (χ1v) is 10.4. The number of rotatable bonds is 10. The highest BCUT2D eigenvalue weighted by molar-refractivity contribution is 6.01. The van der Waals surface area contributed by atoms with Crippen molar-refractivity contribution in [3.8, 4) is 17.6 Å². The third-order valence-electron chi connectivity index (χ3n) is 4.86. The number of nitro benzene ring substituents is 2. The molecule has 2 aromatic rings. The van der Waals surface area contributed by atoms with Crippen LogP contribution in [0.4, 0.5) is 11.4 Å². The summed E-state index contributed by atoms with van der Waals surface area (Å²) >= 11 is 0. The Labute approximate surface area is 200 Å². The highest BCUT2D eigenvalue weighted by Gasteiger charge is 2.26. The summed E-state index contributed by atoms with van der Waals surface area (Å²) in [5.74, 6) is -1.62. The number of amides is 1. The lowest BCUT2D eigenvalue weighted by molar-refractivity contribution is -0.395. The molecule has 0 atom stereocenters. The van der Waals surface area contributed by atoms with Crippen molar-refractivity contribution in [3.05, 3.63) is 72.8 Å². The molecular formula is C23H22N4O8. The van der Waals surface area contributed by atoms with Crippen LogP contribution in [0.3, 0.4) is 0 Å². The van der Waals surface area contributed by atoms with Crippen molar-refractivity contribution in [1.82, 2.24) is 5.32 Å². The molecule has 182 valence electrons. The smallest absolute Gasteiger partial charge is 0.344 e. The molecule has 1 amide bonds. The number of carbonyl (C=O) groups excluding carboxylic acids is 2. The van der Waals surface area contributed by atoms with Crippen molar-refractivity contribution in [2.24, 2.45) is 0 Å². The predicted molar refractivity (Wildman–Crippen MR) is 124 cm³/mol. The molecule has 0 aromatic heterocycles. The van der Waals surface area contributed by atoms with E-state index in [1.807, 2.05) is 13.0 Å². The summed E-state index contributed by atoms with van der Waals surface area (Å²) in [5, 5.41) is 34.5. The minimum Gasteiger partial charge on any atom is -0.493 e. The average Bonchev–Trinajstić information content (AvgIpc) is 2.82. The quantitative estimate of drug-likeness (QED) is 0.100. The molecule has 2 aromatic carbocycles. The van der Waals surface area contributed by atoms with E-state index in [-0.39, 0.29) is 22.6 Å². The molecule has 0 fully saturated rings. The average molecular weight is 482 g/mol. The molecule has 0 heterocycles. The van der Waals surface area contributed by atoms with Crippen molar-refractivity contribution in [2.45, 2.75) is 26.7 Å². The van der Waals surface area contributed by atoms with Gasteiger partial charge in [-0.1, -0.05) is 19.4 Å². The lowest BCUT2D eigenvalue weighted by Gasteiger charge is -2.11.